The zero-order valence-corrected chi connectivity index (χ0v) is 19.4. The van der Waals surface area contributed by atoms with Crippen LogP contribution in [0.3, 0.4) is 0 Å². The van der Waals surface area contributed by atoms with Crippen LogP contribution in [0.1, 0.15) is 27.7 Å². The van der Waals surface area contributed by atoms with Gasteiger partial charge in [0, 0.05) is 18.5 Å². The van der Waals surface area contributed by atoms with E-state index in [1.54, 1.807) is 0 Å². The molecule has 0 unspecified atom stereocenters. The molecular formula is C26H36N2O3. The first-order valence-corrected chi connectivity index (χ1v) is 11.5. The summed E-state index contributed by atoms with van der Waals surface area (Å²) in [6, 6.07) is 13.9. The van der Waals surface area contributed by atoms with Gasteiger partial charge in [-0.15, -0.1) is 0 Å². The first kappa shape index (κ1) is 23.2. The van der Waals surface area contributed by atoms with Crippen LogP contribution >= 0.6 is 0 Å². The fourth-order valence-corrected chi connectivity index (χ4v) is 3.95. The first-order chi connectivity index (χ1) is 15.1. The second kappa shape index (κ2) is 11.2. The van der Waals surface area contributed by atoms with Crippen molar-refractivity contribution in [1.29, 1.82) is 0 Å². The molecule has 0 saturated carbocycles. The highest BCUT2D eigenvalue weighted by molar-refractivity contribution is 6.10. The minimum Gasteiger partial charge on any atom is -0.507 e. The van der Waals surface area contributed by atoms with E-state index < -0.39 is 0 Å². The maximum Gasteiger partial charge on any atom is 0.124 e. The largest absolute Gasteiger partial charge is 0.507 e. The SMILES string of the molecule is CCN(CC)CCOc1ccc2c(c1)cc(O)c1cc(OCCN(CC)CC)ccc12. The zero-order chi connectivity index (χ0) is 22.2. The van der Waals surface area contributed by atoms with Crippen molar-refractivity contribution >= 4 is 21.5 Å². The number of phenolic OH excluding ortho intramolecular Hbond substituents is 1. The predicted molar refractivity (Wildman–Crippen MR) is 130 cm³/mol. The third kappa shape index (κ3) is 5.81. The fraction of sp³-hybridized carbons (Fsp3) is 0.462. The van der Waals surface area contributed by atoms with Crippen molar-refractivity contribution in [1.82, 2.24) is 9.80 Å². The monoisotopic (exact) mass is 424 g/mol. The van der Waals surface area contributed by atoms with Gasteiger partial charge in [0.05, 0.1) is 0 Å². The average Bonchev–Trinajstić information content (AvgIpc) is 2.79. The molecule has 0 saturated heterocycles. The number of nitrogens with zero attached hydrogens (tertiary/aromatic N) is 2. The molecule has 0 radical (unpaired) electrons. The van der Waals surface area contributed by atoms with E-state index >= 15 is 0 Å². The Balaban J connectivity index is 1.75. The molecule has 0 fully saturated rings. The van der Waals surface area contributed by atoms with Gasteiger partial charge in [-0.25, -0.2) is 0 Å². The molecule has 168 valence electrons. The molecule has 31 heavy (non-hydrogen) atoms. The van der Waals surface area contributed by atoms with Gasteiger partial charge in [-0.3, -0.25) is 0 Å². The Morgan fingerprint density at radius 2 is 1.16 bits per heavy atom. The topological polar surface area (TPSA) is 45.2 Å². The molecule has 1 N–H and O–H groups in total. The number of hydrogen-bond donors (Lipinski definition) is 1. The Morgan fingerprint density at radius 1 is 0.645 bits per heavy atom. The number of likely N-dealkylation sites (N-methyl/N-ethyl adjacent to an activating group) is 2. The summed E-state index contributed by atoms with van der Waals surface area (Å²) in [5, 5.41) is 14.6. The van der Waals surface area contributed by atoms with Crippen LogP contribution in [0, 0.1) is 0 Å². The molecule has 3 aromatic carbocycles. The molecule has 3 rings (SSSR count). The summed E-state index contributed by atoms with van der Waals surface area (Å²) < 4.78 is 11.9. The normalized spacial score (nSPS) is 11.7. The molecule has 0 amide bonds. The van der Waals surface area contributed by atoms with E-state index in [0.717, 1.165) is 72.3 Å². The minimum atomic E-state index is 0.261. The van der Waals surface area contributed by atoms with Crippen molar-refractivity contribution in [2.75, 3.05) is 52.5 Å². The number of fused-ring (bicyclic) bond motifs is 3. The Labute approximate surface area is 186 Å². The van der Waals surface area contributed by atoms with E-state index in [1.807, 2.05) is 36.4 Å². The lowest BCUT2D eigenvalue weighted by atomic mass is 10.0. The third-order valence-electron chi connectivity index (χ3n) is 6.01. The van der Waals surface area contributed by atoms with Crippen LogP contribution < -0.4 is 9.47 Å². The summed E-state index contributed by atoms with van der Waals surface area (Å²) in [6.45, 7) is 15.8. The van der Waals surface area contributed by atoms with Crippen molar-refractivity contribution in [3.05, 3.63) is 42.5 Å². The van der Waals surface area contributed by atoms with E-state index in [1.165, 1.54) is 0 Å². The highest BCUT2D eigenvalue weighted by Crippen LogP contribution is 2.36. The number of benzene rings is 3. The standard InChI is InChI=1S/C26H36N2O3/c1-5-27(6-2)13-15-30-21-9-11-23-20(17-21)18-26(29)25-19-22(10-12-24(23)25)31-16-14-28(7-3)8-4/h9-12,17-19,29H,5-8,13-16H2,1-4H3. The van der Waals surface area contributed by atoms with Crippen molar-refractivity contribution < 1.29 is 14.6 Å². The lowest BCUT2D eigenvalue weighted by Crippen LogP contribution is -2.27. The number of hydrogen-bond acceptors (Lipinski definition) is 5. The second-order valence-corrected chi connectivity index (χ2v) is 7.74. The summed E-state index contributed by atoms with van der Waals surface area (Å²) in [6.07, 6.45) is 0. The lowest BCUT2D eigenvalue weighted by Gasteiger charge is -2.18. The molecule has 0 bridgehead atoms. The third-order valence-corrected chi connectivity index (χ3v) is 6.01. The van der Waals surface area contributed by atoms with Gasteiger partial charge in [0.1, 0.15) is 30.5 Å². The van der Waals surface area contributed by atoms with Crippen LogP contribution in [0.15, 0.2) is 42.5 Å². The number of rotatable bonds is 12. The number of aromatic hydroxyl groups is 1. The van der Waals surface area contributed by atoms with E-state index in [0.29, 0.717) is 13.2 Å². The Kier molecular flexibility index (Phi) is 8.38. The number of ether oxygens (including phenoxy) is 2. The molecule has 5 heteroatoms. The van der Waals surface area contributed by atoms with Gasteiger partial charge < -0.3 is 24.4 Å². The van der Waals surface area contributed by atoms with E-state index in [-0.39, 0.29) is 5.75 Å². The summed E-state index contributed by atoms with van der Waals surface area (Å²) >= 11 is 0. The van der Waals surface area contributed by atoms with Crippen LogP contribution in [0.5, 0.6) is 17.2 Å². The van der Waals surface area contributed by atoms with Crippen molar-refractivity contribution in [3.63, 3.8) is 0 Å². The maximum atomic E-state index is 10.7. The summed E-state index contributed by atoms with van der Waals surface area (Å²) in [5.74, 6) is 1.87. The molecule has 3 aromatic rings. The Hall–Kier alpha value is -2.50. The summed E-state index contributed by atoms with van der Waals surface area (Å²) in [7, 11) is 0. The number of phenols is 1. The molecule has 0 aromatic heterocycles. The quantitative estimate of drug-likeness (QED) is 0.408. The van der Waals surface area contributed by atoms with Gasteiger partial charge in [0.25, 0.3) is 0 Å². The minimum absolute atomic E-state index is 0.261. The van der Waals surface area contributed by atoms with Crippen molar-refractivity contribution in [2.24, 2.45) is 0 Å². The van der Waals surface area contributed by atoms with Crippen LogP contribution in [-0.4, -0.2) is 67.4 Å². The molecular weight excluding hydrogens is 388 g/mol. The van der Waals surface area contributed by atoms with E-state index in [2.05, 4.69) is 43.6 Å². The van der Waals surface area contributed by atoms with Gasteiger partial charge in [-0.05, 0) is 78.7 Å². The second-order valence-electron chi connectivity index (χ2n) is 7.74. The Bertz CT molecular complexity index is 981. The van der Waals surface area contributed by atoms with Gasteiger partial charge >= 0.3 is 0 Å². The highest BCUT2D eigenvalue weighted by atomic mass is 16.5. The van der Waals surface area contributed by atoms with Gasteiger partial charge in [0.2, 0.25) is 0 Å². The lowest BCUT2D eigenvalue weighted by molar-refractivity contribution is 0.223. The zero-order valence-electron chi connectivity index (χ0n) is 19.4. The van der Waals surface area contributed by atoms with Crippen molar-refractivity contribution in [2.45, 2.75) is 27.7 Å². The van der Waals surface area contributed by atoms with Crippen LogP contribution in [-0.2, 0) is 0 Å². The van der Waals surface area contributed by atoms with E-state index in [4.69, 9.17) is 9.47 Å². The van der Waals surface area contributed by atoms with Crippen LogP contribution in [0.25, 0.3) is 21.5 Å². The average molecular weight is 425 g/mol. The molecule has 0 spiro atoms. The van der Waals surface area contributed by atoms with Gasteiger partial charge in [-0.1, -0.05) is 33.8 Å². The fourth-order valence-electron chi connectivity index (χ4n) is 3.95. The van der Waals surface area contributed by atoms with Crippen LogP contribution in [0.2, 0.25) is 0 Å². The van der Waals surface area contributed by atoms with Crippen molar-refractivity contribution in [3.8, 4) is 17.2 Å². The summed E-state index contributed by atoms with van der Waals surface area (Å²) in [4.78, 5) is 4.66. The predicted octanol–water partition coefficient (Wildman–Crippen LogP) is 5.14. The smallest absolute Gasteiger partial charge is 0.124 e. The molecule has 0 aliphatic rings. The molecule has 0 aliphatic carbocycles. The first-order valence-electron chi connectivity index (χ1n) is 11.5. The molecule has 5 nitrogen and oxygen atoms in total. The molecule has 0 aliphatic heterocycles. The molecule has 0 heterocycles. The highest BCUT2D eigenvalue weighted by Gasteiger charge is 2.09. The van der Waals surface area contributed by atoms with E-state index in [9.17, 15) is 5.11 Å². The summed E-state index contributed by atoms with van der Waals surface area (Å²) in [5.41, 5.74) is 0. The van der Waals surface area contributed by atoms with Crippen LogP contribution in [0.4, 0.5) is 0 Å². The van der Waals surface area contributed by atoms with Gasteiger partial charge in [0.15, 0.2) is 0 Å². The maximum absolute atomic E-state index is 10.7. The molecule has 0 atom stereocenters. The Morgan fingerprint density at radius 3 is 1.71 bits per heavy atom. The van der Waals surface area contributed by atoms with Gasteiger partial charge in [-0.2, -0.15) is 0 Å².